The van der Waals surface area contributed by atoms with Gasteiger partial charge in [0.15, 0.2) is 0 Å². The summed E-state index contributed by atoms with van der Waals surface area (Å²) in [7, 11) is 0. The zero-order chi connectivity index (χ0) is 13.7. The van der Waals surface area contributed by atoms with E-state index in [-0.39, 0.29) is 11.9 Å². The van der Waals surface area contributed by atoms with E-state index in [4.69, 9.17) is 0 Å². The predicted octanol–water partition coefficient (Wildman–Crippen LogP) is 1.79. The quantitative estimate of drug-likeness (QED) is 0.836. The molecule has 1 amide bonds. The van der Waals surface area contributed by atoms with Gasteiger partial charge in [-0.2, -0.15) is 0 Å². The summed E-state index contributed by atoms with van der Waals surface area (Å²) in [5, 5.41) is 2.97. The van der Waals surface area contributed by atoms with E-state index in [0.29, 0.717) is 6.04 Å². The van der Waals surface area contributed by atoms with Crippen molar-refractivity contribution < 1.29 is 4.79 Å². The van der Waals surface area contributed by atoms with Crippen molar-refractivity contribution >= 4 is 5.91 Å². The number of hydrogen-bond donors (Lipinski definition) is 1. The third-order valence-electron chi connectivity index (χ3n) is 3.51. The molecular weight excluding hydrogens is 236 g/mol. The number of rotatable bonds is 3. The lowest BCUT2D eigenvalue weighted by atomic mass is 10.2. The maximum Gasteiger partial charge on any atom is 0.296 e. The summed E-state index contributed by atoms with van der Waals surface area (Å²) < 4.78 is 0. The molecule has 2 rings (SSSR count). The van der Waals surface area contributed by atoms with Crippen LogP contribution in [0.5, 0.6) is 0 Å². The monoisotopic (exact) mass is 256 g/mol. The van der Waals surface area contributed by atoms with Crippen molar-refractivity contribution in [1.82, 2.24) is 10.2 Å². The number of amides is 1. The summed E-state index contributed by atoms with van der Waals surface area (Å²) in [6.07, 6.45) is 0.990. The highest BCUT2D eigenvalue weighted by Crippen LogP contribution is 2.20. The van der Waals surface area contributed by atoms with Crippen LogP contribution in [0.4, 0.5) is 0 Å². The highest BCUT2D eigenvalue weighted by atomic mass is 16.1. The number of hydrogen-bond acceptors (Lipinski definition) is 2. The van der Waals surface area contributed by atoms with Gasteiger partial charge in [-0.25, -0.2) is 0 Å². The van der Waals surface area contributed by atoms with E-state index in [0.717, 1.165) is 19.5 Å². The summed E-state index contributed by atoms with van der Waals surface area (Å²) in [6, 6.07) is 11.1. The smallest absolute Gasteiger partial charge is 0.296 e. The first kappa shape index (κ1) is 13.6. The Morgan fingerprint density at radius 3 is 2.84 bits per heavy atom. The van der Waals surface area contributed by atoms with Crippen LogP contribution in [-0.4, -0.2) is 29.4 Å². The lowest BCUT2D eigenvalue weighted by Gasteiger charge is -2.20. The minimum Gasteiger partial charge on any atom is -0.341 e. The van der Waals surface area contributed by atoms with Gasteiger partial charge in [-0.3, -0.25) is 9.69 Å². The Labute approximate surface area is 115 Å². The molecule has 0 aliphatic carbocycles. The summed E-state index contributed by atoms with van der Waals surface area (Å²) in [5.41, 5.74) is 1.31. The summed E-state index contributed by atoms with van der Waals surface area (Å²) in [4.78, 5) is 13.9. The summed E-state index contributed by atoms with van der Waals surface area (Å²) >= 11 is 0. The van der Waals surface area contributed by atoms with Gasteiger partial charge in [0.25, 0.3) is 5.91 Å². The third kappa shape index (κ3) is 3.84. The second-order valence-electron chi connectivity index (χ2n) is 5.05. The van der Waals surface area contributed by atoms with Crippen LogP contribution in [0.3, 0.4) is 0 Å². The van der Waals surface area contributed by atoms with E-state index < -0.39 is 0 Å². The number of benzene rings is 1. The Bertz CT molecular complexity index is 486. The van der Waals surface area contributed by atoms with Crippen LogP contribution in [0.1, 0.15) is 25.8 Å². The van der Waals surface area contributed by atoms with E-state index in [2.05, 4.69) is 53.2 Å². The Kier molecular flexibility index (Phi) is 4.59. The van der Waals surface area contributed by atoms with Crippen molar-refractivity contribution in [2.75, 3.05) is 6.54 Å². The molecule has 1 heterocycles. The molecule has 0 radical (unpaired) electrons. The first-order valence-electron chi connectivity index (χ1n) is 6.70. The van der Waals surface area contributed by atoms with Crippen LogP contribution in [-0.2, 0) is 11.3 Å². The van der Waals surface area contributed by atoms with Crippen molar-refractivity contribution in [2.24, 2.45) is 0 Å². The fraction of sp³-hybridized carbons (Fsp3) is 0.438. The molecule has 1 fully saturated rings. The molecule has 100 valence electrons. The summed E-state index contributed by atoms with van der Waals surface area (Å²) in [6.45, 7) is 5.72. The molecular formula is C16H20N2O. The SMILES string of the molecule is CC#CC(=O)NC1CC(C)N(Cc2ccccc2)C1. The van der Waals surface area contributed by atoms with Gasteiger partial charge in [-0.15, -0.1) is 0 Å². The van der Waals surface area contributed by atoms with E-state index in [1.54, 1.807) is 6.92 Å². The van der Waals surface area contributed by atoms with Crippen molar-refractivity contribution in [3.63, 3.8) is 0 Å². The molecule has 0 saturated carbocycles. The van der Waals surface area contributed by atoms with E-state index in [1.165, 1.54) is 5.56 Å². The number of nitrogens with one attached hydrogen (secondary N) is 1. The molecule has 1 aliphatic heterocycles. The van der Waals surface area contributed by atoms with E-state index in [9.17, 15) is 4.79 Å². The zero-order valence-electron chi connectivity index (χ0n) is 11.5. The normalized spacial score (nSPS) is 22.6. The van der Waals surface area contributed by atoms with Gasteiger partial charge in [0.2, 0.25) is 0 Å². The first-order chi connectivity index (χ1) is 9.19. The van der Waals surface area contributed by atoms with Crippen molar-refractivity contribution in [3.05, 3.63) is 35.9 Å². The second-order valence-corrected chi connectivity index (χ2v) is 5.05. The van der Waals surface area contributed by atoms with Crippen LogP contribution >= 0.6 is 0 Å². The fourth-order valence-electron chi connectivity index (χ4n) is 2.58. The molecule has 2 unspecified atom stereocenters. The third-order valence-corrected chi connectivity index (χ3v) is 3.51. The molecule has 0 bridgehead atoms. The van der Waals surface area contributed by atoms with Crippen LogP contribution in [0, 0.1) is 11.8 Å². The van der Waals surface area contributed by atoms with E-state index in [1.807, 2.05) is 6.07 Å². The molecule has 1 aromatic rings. The topological polar surface area (TPSA) is 32.3 Å². The maximum absolute atomic E-state index is 11.5. The number of carbonyl (C=O) groups is 1. The number of likely N-dealkylation sites (tertiary alicyclic amines) is 1. The van der Waals surface area contributed by atoms with Gasteiger partial charge >= 0.3 is 0 Å². The van der Waals surface area contributed by atoms with Crippen molar-refractivity contribution in [3.8, 4) is 11.8 Å². The van der Waals surface area contributed by atoms with Crippen molar-refractivity contribution in [1.29, 1.82) is 0 Å². The average molecular weight is 256 g/mol. The highest BCUT2D eigenvalue weighted by molar-refractivity contribution is 5.93. The average Bonchev–Trinajstić information content (AvgIpc) is 2.71. The van der Waals surface area contributed by atoms with Crippen LogP contribution < -0.4 is 5.32 Å². The molecule has 3 heteroatoms. The molecule has 2 atom stereocenters. The van der Waals surface area contributed by atoms with Gasteiger partial charge in [0.05, 0.1) is 0 Å². The minimum absolute atomic E-state index is 0.165. The molecule has 0 aromatic heterocycles. The molecule has 1 saturated heterocycles. The van der Waals surface area contributed by atoms with Gasteiger partial charge in [-0.05, 0) is 31.8 Å². The van der Waals surface area contributed by atoms with Crippen LogP contribution in [0.25, 0.3) is 0 Å². The van der Waals surface area contributed by atoms with Crippen molar-refractivity contribution in [2.45, 2.75) is 38.9 Å². The van der Waals surface area contributed by atoms with Gasteiger partial charge in [0.1, 0.15) is 0 Å². The minimum atomic E-state index is -0.165. The standard InChI is InChI=1S/C16H20N2O/c1-3-7-16(19)17-15-10-13(2)18(12-15)11-14-8-5-4-6-9-14/h4-6,8-9,13,15H,10-12H2,1-2H3,(H,17,19). The molecule has 19 heavy (non-hydrogen) atoms. The fourth-order valence-corrected chi connectivity index (χ4v) is 2.58. The lowest BCUT2D eigenvalue weighted by Crippen LogP contribution is -2.36. The second kappa shape index (κ2) is 6.40. The first-order valence-corrected chi connectivity index (χ1v) is 6.70. The Hall–Kier alpha value is -1.79. The van der Waals surface area contributed by atoms with Gasteiger partial charge in [0, 0.05) is 25.2 Å². The lowest BCUT2D eigenvalue weighted by molar-refractivity contribution is -0.116. The van der Waals surface area contributed by atoms with E-state index >= 15 is 0 Å². The summed E-state index contributed by atoms with van der Waals surface area (Å²) in [5.74, 6) is 5.00. The predicted molar refractivity (Wildman–Crippen MR) is 76.3 cm³/mol. The number of carbonyl (C=O) groups excluding carboxylic acids is 1. The Balaban J connectivity index is 1.90. The molecule has 1 aromatic carbocycles. The zero-order valence-corrected chi connectivity index (χ0v) is 11.5. The van der Waals surface area contributed by atoms with Gasteiger partial charge in [-0.1, -0.05) is 36.3 Å². The molecule has 1 N–H and O–H groups in total. The highest BCUT2D eigenvalue weighted by Gasteiger charge is 2.29. The maximum atomic E-state index is 11.5. The molecule has 3 nitrogen and oxygen atoms in total. The van der Waals surface area contributed by atoms with Gasteiger partial charge < -0.3 is 5.32 Å². The largest absolute Gasteiger partial charge is 0.341 e. The Morgan fingerprint density at radius 2 is 2.16 bits per heavy atom. The Morgan fingerprint density at radius 1 is 1.42 bits per heavy atom. The van der Waals surface area contributed by atoms with Crippen LogP contribution in [0.15, 0.2) is 30.3 Å². The van der Waals surface area contributed by atoms with Crippen LogP contribution in [0.2, 0.25) is 0 Å². The number of nitrogens with zero attached hydrogens (tertiary/aromatic N) is 1. The molecule has 0 spiro atoms. The molecule has 1 aliphatic rings.